The Balaban J connectivity index is 2.52. The maximum absolute atomic E-state index is 11.8. The molecule has 0 aliphatic heterocycles. The summed E-state index contributed by atoms with van der Waals surface area (Å²) in [5, 5.41) is 3.24. The highest BCUT2D eigenvalue weighted by Crippen LogP contribution is 2.20. The van der Waals surface area contributed by atoms with Crippen LogP contribution < -0.4 is 5.32 Å². The third-order valence-electron chi connectivity index (χ3n) is 2.76. The van der Waals surface area contributed by atoms with Gasteiger partial charge >= 0.3 is 0 Å². The molecule has 19 heavy (non-hydrogen) atoms. The van der Waals surface area contributed by atoms with Crippen molar-refractivity contribution < 1.29 is 9.59 Å². The number of hydrogen-bond donors (Lipinski definition) is 1. The Morgan fingerprint density at radius 1 is 1.32 bits per heavy atom. The summed E-state index contributed by atoms with van der Waals surface area (Å²) < 4.78 is 0. The largest absolute Gasteiger partial charge is 0.340 e. The molecule has 0 spiro atoms. The molecule has 0 aliphatic carbocycles. The van der Waals surface area contributed by atoms with Crippen LogP contribution in [-0.2, 0) is 9.59 Å². The van der Waals surface area contributed by atoms with Crippen LogP contribution >= 0.6 is 11.6 Å². The summed E-state index contributed by atoms with van der Waals surface area (Å²) in [6, 6.07) is 7.15. The molecule has 0 aliphatic rings. The molecule has 1 N–H and O–H groups in total. The zero-order valence-electron chi connectivity index (χ0n) is 11.4. The smallest absolute Gasteiger partial charge is 0.226 e. The molecule has 4 nitrogen and oxygen atoms in total. The van der Waals surface area contributed by atoms with E-state index in [9.17, 15) is 9.59 Å². The minimum absolute atomic E-state index is 0.0273. The Kier molecular flexibility index (Phi) is 5.83. The van der Waals surface area contributed by atoms with Crippen LogP contribution in [-0.4, -0.2) is 29.3 Å². The van der Waals surface area contributed by atoms with Gasteiger partial charge in [0, 0.05) is 25.9 Å². The number of anilines is 1. The lowest BCUT2D eigenvalue weighted by atomic mass is 10.2. The number of halogens is 1. The molecule has 2 amide bonds. The van der Waals surface area contributed by atoms with Gasteiger partial charge in [0.1, 0.15) is 0 Å². The van der Waals surface area contributed by atoms with Crippen molar-refractivity contribution in [1.29, 1.82) is 0 Å². The fraction of sp³-hybridized carbons (Fsp3) is 0.429. The fourth-order valence-corrected chi connectivity index (χ4v) is 1.96. The van der Waals surface area contributed by atoms with Gasteiger partial charge in [-0.3, -0.25) is 9.59 Å². The van der Waals surface area contributed by atoms with Crippen molar-refractivity contribution in [2.75, 3.05) is 11.9 Å². The molecule has 0 aromatic heterocycles. The van der Waals surface area contributed by atoms with Crippen LogP contribution in [0.4, 0.5) is 5.69 Å². The molecule has 0 saturated carbocycles. The maximum atomic E-state index is 11.8. The molecule has 104 valence electrons. The highest BCUT2D eigenvalue weighted by atomic mass is 35.5. The average molecular weight is 283 g/mol. The monoisotopic (exact) mass is 282 g/mol. The third-order valence-corrected chi connectivity index (χ3v) is 3.09. The molecule has 0 bridgehead atoms. The zero-order valence-corrected chi connectivity index (χ0v) is 12.2. The molecule has 0 unspecified atom stereocenters. The van der Waals surface area contributed by atoms with Gasteiger partial charge < -0.3 is 10.2 Å². The first-order valence-electron chi connectivity index (χ1n) is 6.23. The zero-order chi connectivity index (χ0) is 14.4. The second kappa shape index (κ2) is 7.14. The summed E-state index contributed by atoms with van der Waals surface area (Å²) in [6.45, 7) is 5.76. The molecular weight excluding hydrogens is 264 g/mol. The predicted octanol–water partition coefficient (Wildman–Crippen LogP) is 2.93. The predicted molar refractivity (Wildman–Crippen MR) is 77.2 cm³/mol. The van der Waals surface area contributed by atoms with Crippen LogP contribution in [0.25, 0.3) is 0 Å². The summed E-state index contributed by atoms with van der Waals surface area (Å²) in [7, 11) is 0. The quantitative estimate of drug-likeness (QED) is 0.903. The van der Waals surface area contributed by atoms with E-state index in [1.54, 1.807) is 29.2 Å². The van der Waals surface area contributed by atoms with Gasteiger partial charge in [-0.1, -0.05) is 23.7 Å². The number of para-hydroxylation sites is 1. The number of amides is 2. The summed E-state index contributed by atoms with van der Waals surface area (Å²) in [5.41, 5.74) is 0.591. The number of nitrogens with one attached hydrogen (secondary N) is 1. The van der Waals surface area contributed by atoms with E-state index in [1.807, 2.05) is 13.8 Å². The number of nitrogens with zero attached hydrogens (tertiary/aromatic N) is 1. The highest BCUT2D eigenvalue weighted by molar-refractivity contribution is 6.33. The Morgan fingerprint density at radius 2 is 1.95 bits per heavy atom. The summed E-state index contributed by atoms with van der Waals surface area (Å²) >= 11 is 5.95. The molecule has 1 aromatic rings. The maximum Gasteiger partial charge on any atom is 0.226 e. The van der Waals surface area contributed by atoms with Crippen molar-refractivity contribution >= 4 is 29.1 Å². The fourth-order valence-electron chi connectivity index (χ4n) is 1.78. The van der Waals surface area contributed by atoms with Crippen LogP contribution in [0, 0.1) is 0 Å². The summed E-state index contributed by atoms with van der Waals surface area (Å²) in [5.74, 6) is -0.180. The first-order chi connectivity index (χ1) is 8.91. The number of benzene rings is 1. The molecule has 0 fully saturated rings. The lowest BCUT2D eigenvalue weighted by molar-refractivity contribution is -0.130. The van der Waals surface area contributed by atoms with Crippen molar-refractivity contribution in [3.8, 4) is 0 Å². The molecule has 1 rings (SSSR count). The van der Waals surface area contributed by atoms with Gasteiger partial charge in [-0.2, -0.15) is 0 Å². The molecule has 0 saturated heterocycles. The van der Waals surface area contributed by atoms with Crippen molar-refractivity contribution in [2.24, 2.45) is 0 Å². The lowest BCUT2D eigenvalue weighted by Gasteiger charge is -2.25. The van der Waals surface area contributed by atoms with Crippen LogP contribution in [0.5, 0.6) is 0 Å². The van der Waals surface area contributed by atoms with Gasteiger partial charge in [0.15, 0.2) is 0 Å². The molecule has 1 aromatic carbocycles. The standard InChI is InChI=1S/C14H19ClN2O2/c1-10(2)17(11(3)18)9-8-14(19)16-13-7-5-4-6-12(13)15/h4-7,10H,8-9H2,1-3H3,(H,16,19). The Morgan fingerprint density at radius 3 is 2.47 bits per heavy atom. The van der Waals surface area contributed by atoms with E-state index in [1.165, 1.54) is 6.92 Å². The van der Waals surface area contributed by atoms with Gasteiger partial charge in [-0.05, 0) is 26.0 Å². The lowest BCUT2D eigenvalue weighted by Crippen LogP contribution is -2.37. The van der Waals surface area contributed by atoms with Crippen molar-refractivity contribution in [3.63, 3.8) is 0 Å². The van der Waals surface area contributed by atoms with Crippen molar-refractivity contribution in [1.82, 2.24) is 4.90 Å². The van der Waals surface area contributed by atoms with E-state index in [0.29, 0.717) is 17.3 Å². The Hall–Kier alpha value is -1.55. The van der Waals surface area contributed by atoms with E-state index < -0.39 is 0 Å². The number of carbonyl (C=O) groups excluding carboxylic acids is 2. The second-order valence-electron chi connectivity index (χ2n) is 4.58. The minimum Gasteiger partial charge on any atom is -0.340 e. The molecule has 0 heterocycles. The van der Waals surface area contributed by atoms with E-state index >= 15 is 0 Å². The minimum atomic E-state index is -0.153. The molecular formula is C14H19ClN2O2. The van der Waals surface area contributed by atoms with E-state index in [4.69, 9.17) is 11.6 Å². The second-order valence-corrected chi connectivity index (χ2v) is 4.99. The van der Waals surface area contributed by atoms with E-state index in [0.717, 1.165) is 0 Å². The summed E-state index contributed by atoms with van der Waals surface area (Å²) in [4.78, 5) is 24.8. The Bertz CT molecular complexity index is 461. The van der Waals surface area contributed by atoms with Crippen molar-refractivity contribution in [2.45, 2.75) is 33.2 Å². The van der Waals surface area contributed by atoms with E-state index in [2.05, 4.69) is 5.32 Å². The molecule has 0 atom stereocenters. The molecule has 5 heteroatoms. The van der Waals surface area contributed by atoms with Crippen LogP contribution in [0.15, 0.2) is 24.3 Å². The number of rotatable bonds is 5. The van der Waals surface area contributed by atoms with Gasteiger partial charge in [-0.25, -0.2) is 0 Å². The topological polar surface area (TPSA) is 49.4 Å². The Labute approximate surface area is 118 Å². The van der Waals surface area contributed by atoms with Gasteiger partial charge in [-0.15, -0.1) is 0 Å². The normalized spacial score (nSPS) is 10.4. The highest BCUT2D eigenvalue weighted by Gasteiger charge is 2.14. The average Bonchev–Trinajstić information content (AvgIpc) is 2.31. The molecule has 0 radical (unpaired) electrons. The first-order valence-corrected chi connectivity index (χ1v) is 6.61. The van der Waals surface area contributed by atoms with Crippen LogP contribution in [0.1, 0.15) is 27.2 Å². The van der Waals surface area contributed by atoms with Gasteiger partial charge in [0.25, 0.3) is 0 Å². The van der Waals surface area contributed by atoms with E-state index in [-0.39, 0.29) is 24.3 Å². The van der Waals surface area contributed by atoms with Crippen molar-refractivity contribution in [3.05, 3.63) is 29.3 Å². The third kappa shape index (κ3) is 4.91. The first kappa shape index (κ1) is 15.5. The van der Waals surface area contributed by atoms with Gasteiger partial charge in [0.05, 0.1) is 10.7 Å². The number of hydrogen-bond acceptors (Lipinski definition) is 2. The van der Waals surface area contributed by atoms with Crippen LogP contribution in [0.2, 0.25) is 5.02 Å². The number of carbonyl (C=O) groups is 2. The van der Waals surface area contributed by atoms with Crippen LogP contribution in [0.3, 0.4) is 0 Å². The van der Waals surface area contributed by atoms with Gasteiger partial charge in [0.2, 0.25) is 11.8 Å². The summed E-state index contributed by atoms with van der Waals surface area (Å²) in [6.07, 6.45) is 0.253. The SMILES string of the molecule is CC(=O)N(CCC(=O)Nc1ccccc1Cl)C(C)C.